The molecule has 0 bridgehead atoms. The lowest BCUT2D eigenvalue weighted by atomic mass is 9.77. The largest absolute Gasteiger partial charge is 0.461 e. The van der Waals surface area contributed by atoms with Crippen LogP contribution in [0.2, 0.25) is 0 Å². The predicted molar refractivity (Wildman–Crippen MR) is 119 cm³/mol. The van der Waals surface area contributed by atoms with E-state index in [0.29, 0.717) is 13.1 Å². The maximum absolute atomic E-state index is 13.0. The van der Waals surface area contributed by atoms with Gasteiger partial charge in [-0.2, -0.15) is 0 Å². The molecule has 170 valence electrons. The van der Waals surface area contributed by atoms with Gasteiger partial charge < -0.3 is 14.4 Å². The summed E-state index contributed by atoms with van der Waals surface area (Å²) in [6, 6.07) is 9.47. The first-order valence-corrected chi connectivity index (χ1v) is 12.1. The highest BCUT2D eigenvalue weighted by atomic mass is 16.6. The fraction of sp³-hybridized carbons (Fsp3) is 0.615. The monoisotopic (exact) mass is 436 g/mol. The number of esters is 1. The quantitative estimate of drug-likeness (QED) is 0.414. The first-order valence-electron chi connectivity index (χ1n) is 12.1. The summed E-state index contributed by atoms with van der Waals surface area (Å²) in [5, 5.41) is 0. The topological polar surface area (TPSA) is 62.4 Å². The van der Waals surface area contributed by atoms with E-state index in [1.807, 2.05) is 35.2 Å². The SMILES string of the molecule is CC1=CC[C@]23O[C@@]2(C)CC[C@@H]2[C@H](OC(=O)[C@H]2CN2CCN(C(=O)c4ccccc4)CC2)[C@@H]13. The van der Waals surface area contributed by atoms with Crippen LogP contribution in [-0.4, -0.2) is 71.7 Å². The van der Waals surface area contributed by atoms with Gasteiger partial charge in [-0.25, -0.2) is 0 Å². The minimum atomic E-state index is -0.144. The highest BCUT2D eigenvalue weighted by molar-refractivity contribution is 5.94. The Morgan fingerprint density at radius 2 is 1.91 bits per heavy atom. The smallest absolute Gasteiger partial charge is 0.310 e. The molecule has 3 heterocycles. The summed E-state index contributed by atoms with van der Waals surface area (Å²) >= 11 is 0. The van der Waals surface area contributed by atoms with Crippen LogP contribution in [0.5, 0.6) is 0 Å². The average Bonchev–Trinajstić information content (AvgIpc) is 3.12. The van der Waals surface area contributed by atoms with Crippen LogP contribution in [-0.2, 0) is 14.3 Å². The number of rotatable bonds is 3. The summed E-state index contributed by atoms with van der Waals surface area (Å²) in [5.41, 5.74) is 1.85. The van der Waals surface area contributed by atoms with E-state index < -0.39 is 0 Å². The Morgan fingerprint density at radius 1 is 1.16 bits per heavy atom. The summed E-state index contributed by atoms with van der Waals surface area (Å²) in [5.74, 6) is 0.428. The number of carbonyl (C=O) groups excluding carboxylic acids is 2. The molecule has 0 aromatic heterocycles. The Balaban J connectivity index is 1.12. The van der Waals surface area contributed by atoms with Gasteiger partial charge in [-0.1, -0.05) is 29.8 Å². The Labute approximate surface area is 189 Å². The van der Waals surface area contributed by atoms with Crippen molar-refractivity contribution in [2.45, 2.75) is 50.4 Å². The van der Waals surface area contributed by atoms with Crippen molar-refractivity contribution in [3.63, 3.8) is 0 Å². The number of carbonyl (C=O) groups is 2. The van der Waals surface area contributed by atoms with Gasteiger partial charge in [0.1, 0.15) is 11.7 Å². The van der Waals surface area contributed by atoms with E-state index >= 15 is 0 Å². The fourth-order valence-electron chi connectivity index (χ4n) is 6.97. The maximum atomic E-state index is 13.0. The van der Waals surface area contributed by atoms with Gasteiger partial charge in [-0.15, -0.1) is 0 Å². The molecule has 0 unspecified atom stereocenters. The van der Waals surface area contributed by atoms with Crippen molar-refractivity contribution < 1.29 is 19.1 Å². The van der Waals surface area contributed by atoms with Gasteiger partial charge in [-0.3, -0.25) is 14.5 Å². The Hall–Kier alpha value is -2.18. The van der Waals surface area contributed by atoms with Crippen LogP contribution in [0.4, 0.5) is 0 Å². The average molecular weight is 437 g/mol. The van der Waals surface area contributed by atoms with Gasteiger partial charge in [0.25, 0.3) is 5.91 Å². The minimum absolute atomic E-state index is 0.0399. The van der Waals surface area contributed by atoms with Gasteiger partial charge >= 0.3 is 5.97 Å². The van der Waals surface area contributed by atoms with Crippen molar-refractivity contribution >= 4 is 11.9 Å². The summed E-state index contributed by atoms with van der Waals surface area (Å²) in [6.45, 7) is 8.14. The summed E-state index contributed by atoms with van der Waals surface area (Å²) in [7, 11) is 0. The van der Waals surface area contributed by atoms with Crippen LogP contribution in [0.15, 0.2) is 42.0 Å². The zero-order valence-electron chi connectivity index (χ0n) is 19.0. The standard InChI is InChI=1S/C26H32N2O4/c1-17-8-11-26-21(17)22-19(9-10-25(26,2)32-26)20(24(30)31-22)16-27-12-14-28(15-13-27)23(29)18-6-4-3-5-7-18/h3-8,19-22H,9-16H2,1-2H3/t19-,20-,21+,22-,25-,26+/m0/s1. The molecule has 4 fully saturated rings. The number of piperazine rings is 1. The van der Waals surface area contributed by atoms with Crippen LogP contribution >= 0.6 is 0 Å². The number of hydrogen-bond donors (Lipinski definition) is 0. The molecule has 0 radical (unpaired) electrons. The van der Waals surface area contributed by atoms with Crippen LogP contribution in [0.25, 0.3) is 0 Å². The second-order valence-electron chi connectivity index (χ2n) is 10.5. The van der Waals surface area contributed by atoms with E-state index in [-0.39, 0.29) is 46.9 Å². The Kier molecular flexibility index (Phi) is 4.57. The van der Waals surface area contributed by atoms with Crippen LogP contribution in [0, 0.1) is 17.8 Å². The van der Waals surface area contributed by atoms with Crippen LogP contribution in [0.1, 0.15) is 43.5 Å². The molecule has 5 aliphatic rings. The van der Waals surface area contributed by atoms with Crippen molar-refractivity contribution in [3.05, 3.63) is 47.5 Å². The molecule has 1 amide bonds. The minimum Gasteiger partial charge on any atom is -0.461 e. The molecule has 3 aliphatic heterocycles. The molecular weight excluding hydrogens is 404 g/mol. The van der Waals surface area contributed by atoms with Crippen molar-refractivity contribution in [3.8, 4) is 0 Å². The third kappa shape index (κ3) is 2.92. The molecule has 1 spiro atoms. The summed E-state index contributed by atoms with van der Waals surface area (Å²) in [4.78, 5) is 30.0. The lowest BCUT2D eigenvalue weighted by Gasteiger charge is -2.36. The number of amides is 1. The molecule has 1 aromatic rings. The molecule has 6 atom stereocenters. The number of benzene rings is 1. The number of hydrogen-bond acceptors (Lipinski definition) is 5. The molecule has 0 N–H and O–H groups in total. The molecule has 6 heteroatoms. The van der Waals surface area contributed by atoms with E-state index in [9.17, 15) is 9.59 Å². The molecule has 6 nitrogen and oxygen atoms in total. The summed E-state index contributed by atoms with van der Waals surface area (Å²) < 4.78 is 12.4. The van der Waals surface area contributed by atoms with Gasteiger partial charge in [-0.05, 0) is 45.2 Å². The number of epoxide rings is 1. The van der Waals surface area contributed by atoms with Crippen LogP contribution in [0.3, 0.4) is 0 Å². The van der Waals surface area contributed by atoms with E-state index in [4.69, 9.17) is 9.47 Å². The number of ether oxygens (including phenoxy) is 2. The molecule has 6 rings (SSSR count). The van der Waals surface area contributed by atoms with Gasteiger partial charge in [0, 0.05) is 50.1 Å². The van der Waals surface area contributed by atoms with Crippen LogP contribution < -0.4 is 0 Å². The van der Waals surface area contributed by atoms with E-state index in [1.165, 1.54) is 5.57 Å². The number of nitrogens with zero attached hydrogens (tertiary/aromatic N) is 2. The third-order valence-corrected chi connectivity index (χ3v) is 8.89. The molecule has 1 saturated carbocycles. The molecule has 2 aliphatic carbocycles. The molecule has 3 saturated heterocycles. The van der Waals surface area contributed by atoms with E-state index in [0.717, 1.165) is 44.5 Å². The first kappa shape index (κ1) is 20.4. The van der Waals surface area contributed by atoms with E-state index in [2.05, 4.69) is 24.8 Å². The normalized spacial score (nSPS) is 40.6. The Bertz CT molecular complexity index is 969. The van der Waals surface area contributed by atoms with Gasteiger partial charge in [0.05, 0.1) is 11.5 Å². The lowest BCUT2D eigenvalue weighted by molar-refractivity contribution is -0.146. The van der Waals surface area contributed by atoms with Gasteiger partial charge in [0.2, 0.25) is 0 Å². The molecule has 32 heavy (non-hydrogen) atoms. The van der Waals surface area contributed by atoms with Crippen molar-refractivity contribution in [2.75, 3.05) is 32.7 Å². The van der Waals surface area contributed by atoms with Crippen molar-refractivity contribution in [1.82, 2.24) is 9.80 Å². The predicted octanol–water partition coefficient (Wildman–Crippen LogP) is 2.89. The maximum Gasteiger partial charge on any atom is 0.310 e. The molecular formula is C26H32N2O4. The summed E-state index contributed by atoms with van der Waals surface area (Å²) in [6.07, 6.45) is 5.16. The third-order valence-electron chi connectivity index (χ3n) is 8.89. The highest BCUT2D eigenvalue weighted by Gasteiger charge is 2.75. The zero-order valence-corrected chi connectivity index (χ0v) is 19.0. The van der Waals surface area contributed by atoms with Crippen molar-refractivity contribution in [1.29, 1.82) is 0 Å². The Morgan fingerprint density at radius 3 is 2.66 bits per heavy atom. The van der Waals surface area contributed by atoms with E-state index in [1.54, 1.807) is 0 Å². The first-order chi connectivity index (χ1) is 15.4. The highest BCUT2D eigenvalue weighted by Crippen LogP contribution is 2.67. The second-order valence-corrected chi connectivity index (χ2v) is 10.5. The fourth-order valence-corrected chi connectivity index (χ4v) is 6.97. The zero-order chi connectivity index (χ0) is 22.1. The lowest BCUT2D eigenvalue weighted by Crippen LogP contribution is -2.50. The number of fused-ring (bicyclic) bond motifs is 2. The molecule has 1 aromatic carbocycles. The van der Waals surface area contributed by atoms with Crippen molar-refractivity contribution in [2.24, 2.45) is 17.8 Å². The van der Waals surface area contributed by atoms with Gasteiger partial charge in [0.15, 0.2) is 0 Å². The second kappa shape index (κ2) is 7.16.